The third-order valence-electron chi connectivity index (χ3n) is 5.32. The fraction of sp³-hybridized carbons (Fsp3) is 0.391. The number of allylic oxidation sites excluding steroid dienone is 1. The quantitative estimate of drug-likeness (QED) is 0.662. The second kappa shape index (κ2) is 6.15. The van der Waals surface area contributed by atoms with Gasteiger partial charge in [-0.25, -0.2) is 4.39 Å². The molecule has 0 radical (unpaired) electrons. The molecule has 2 nitrogen and oxygen atoms in total. The van der Waals surface area contributed by atoms with Crippen LogP contribution in [0.1, 0.15) is 64.2 Å². The van der Waals surface area contributed by atoms with Crippen LogP contribution in [-0.2, 0) is 0 Å². The van der Waals surface area contributed by atoms with Crippen molar-refractivity contribution in [2.24, 2.45) is 0 Å². The molecule has 4 rings (SSSR count). The molecule has 3 heteroatoms. The van der Waals surface area contributed by atoms with Crippen LogP contribution in [0.4, 0.5) is 10.1 Å². The van der Waals surface area contributed by atoms with Crippen LogP contribution in [0.3, 0.4) is 0 Å². The lowest BCUT2D eigenvalue weighted by Crippen LogP contribution is -2.32. The van der Waals surface area contributed by atoms with Crippen LogP contribution in [-0.4, -0.2) is 5.54 Å². The van der Waals surface area contributed by atoms with E-state index in [4.69, 9.17) is 4.74 Å². The first-order valence-electron chi connectivity index (χ1n) is 9.51. The Morgan fingerprint density at radius 3 is 2.69 bits per heavy atom. The molecule has 0 aromatic heterocycles. The molecule has 2 heterocycles. The lowest BCUT2D eigenvalue weighted by Gasteiger charge is -2.37. The summed E-state index contributed by atoms with van der Waals surface area (Å²) in [5, 5.41) is 3.63. The fourth-order valence-electron chi connectivity index (χ4n) is 4.34. The Labute approximate surface area is 155 Å². The first-order chi connectivity index (χ1) is 12.4. The molecule has 0 aliphatic carbocycles. The normalized spacial score (nSPS) is 19.4. The summed E-state index contributed by atoms with van der Waals surface area (Å²) in [6.07, 6.45) is 5.38. The largest absolute Gasteiger partial charge is 0.485 e. The summed E-state index contributed by atoms with van der Waals surface area (Å²) in [4.78, 5) is 0. The second-order valence-corrected chi connectivity index (χ2v) is 8.01. The molecule has 0 saturated carbocycles. The molecule has 0 fully saturated rings. The van der Waals surface area contributed by atoms with E-state index in [2.05, 4.69) is 51.2 Å². The molecule has 0 spiro atoms. The maximum Gasteiger partial charge on any atom is 0.130 e. The van der Waals surface area contributed by atoms with Crippen molar-refractivity contribution in [2.45, 2.75) is 58.6 Å². The Morgan fingerprint density at radius 1 is 1.15 bits per heavy atom. The highest BCUT2D eigenvalue weighted by Crippen LogP contribution is 2.50. The van der Waals surface area contributed by atoms with Gasteiger partial charge in [-0.3, -0.25) is 0 Å². The van der Waals surface area contributed by atoms with Crippen molar-refractivity contribution in [1.82, 2.24) is 0 Å². The standard InChI is InChI=1S/C23H26FNO/c1-5-6-7-19-22-17(16-9-8-15(24)12-20(16)26-19)10-11-18-21(22)14(2)13-23(3,4)25-18/h8-13,19,25H,5-7H2,1-4H3/t19-/m1/s1. The first-order valence-corrected chi connectivity index (χ1v) is 9.51. The summed E-state index contributed by atoms with van der Waals surface area (Å²) >= 11 is 0. The molecule has 0 saturated heterocycles. The van der Waals surface area contributed by atoms with Gasteiger partial charge in [-0.05, 0) is 62.9 Å². The van der Waals surface area contributed by atoms with Crippen LogP contribution in [0.15, 0.2) is 36.4 Å². The smallest absolute Gasteiger partial charge is 0.130 e. The third kappa shape index (κ3) is 2.80. The Bertz CT molecular complexity index is 897. The molecule has 0 bridgehead atoms. The van der Waals surface area contributed by atoms with Gasteiger partial charge in [0.25, 0.3) is 0 Å². The van der Waals surface area contributed by atoms with Gasteiger partial charge in [0.15, 0.2) is 0 Å². The predicted molar refractivity (Wildman–Crippen MR) is 106 cm³/mol. The summed E-state index contributed by atoms with van der Waals surface area (Å²) in [6.45, 7) is 8.73. The average Bonchev–Trinajstić information content (AvgIpc) is 2.57. The molecular weight excluding hydrogens is 325 g/mol. The molecule has 2 aliphatic rings. The topological polar surface area (TPSA) is 21.3 Å². The summed E-state index contributed by atoms with van der Waals surface area (Å²) in [5.41, 5.74) is 7.00. The van der Waals surface area contributed by atoms with Crippen LogP contribution in [0.2, 0.25) is 0 Å². The number of hydrogen-bond donors (Lipinski definition) is 1. The number of anilines is 1. The van der Waals surface area contributed by atoms with E-state index in [1.807, 2.05) is 6.07 Å². The van der Waals surface area contributed by atoms with Crippen LogP contribution in [0, 0.1) is 5.82 Å². The minimum atomic E-state index is -0.251. The van der Waals surface area contributed by atoms with Gasteiger partial charge in [0.1, 0.15) is 17.7 Å². The van der Waals surface area contributed by atoms with E-state index in [9.17, 15) is 4.39 Å². The third-order valence-corrected chi connectivity index (χ3v) is 5.32. The molecule has 1 N–H and O–H groups in total. The van der Waals surface area contributed by atoms with Crippen molar-refractivity contribution in [3.63, 3.8) is 0 Å². The van der Waals surface area contributed by atoms with Gasteiger partial charge in [0.05, 0.1) is 5.54 Å². The predicted octanol–water partition coefficient (Wildman–Crippen LogP) is 6.72. The molecule has 1 atom stereocenters. The van der Waals surface area contributed by atoms with Gasteiger partial charge in [-0.2, -0.15) is 0 Å². The average molecular weight is 351 g/mol. The highest BCUT2D eigenvalue weighted by atomic mass is 19.1. The van der Waals surface area contributed by atoms with E-state index in [1.165, 1.54) is 34.4 Å². The zero-order chi connectivity index (χ0) is 18.5. The van der Waals surface area contributed by atoms with E-state index >= 15 is 0 Å². The van der Waals surface area contributed by atoms with Crippen molar-refractivity contribution in [2.75, 3.05) is 5.32 Å². The lowest BCUT2D eigenvalue weighted by atomic mass is 9.81. The van der Waals surface area contributed by atoms with E-state index in [0.29, 0.717) is 5.75 Å². The summed E-state index contributed by atoms with van der Waals surface area (Å²) < 4.78 is 20.1. The van der Waals surface area contributed by atoms with Crippen LogP contribution >= 0.6 is 0 Å². The number of ether oxygens (including phenoxy) is 1. The highest BCUT2D eigenvalue weighted by molar-refractivity contribution is 5.89. The number of rotatable bonds is 3. The number of halogens is 1. The van der Waals surface area contributed by atoms with Gasteiger partial charge in [0.2, 0.25) is 0 Å². The zero-order valence-electron chi connectivity index (χ0n) is 15.9. The molecule has 2 aromatic rings. The van der Waals surface area contributed by atoms with Gasteiger partial charge in [-0.15, -0.1) is 0 Å². The maximum atomic E-state index is 13.8. The van der Waals surface area contributed by atoms with E-state index < -0.39 is 0 Å². The number of hydrogen-bond acceptors (Lipinski definition) is 2. The molecule has 0 amide bonds. The van der Waals surface area contributed by atoms with Crippen molar-refractivity contribution in [3.8, 4) is 16.9 Å². The van der Waals surface area contributed by atoms with Gasteiger partial charge in [-0.1, -0.05) is 25.5 Å². The summed E-state index contributed by atoms with van der Waals surface area (Å²) in [7, 11) is 0. The molecule has 0 unspecified atom stereocenters. The maximum absolute atomic E-state index is 13.8. The minimum absolute atomic E-state index is 0.0411. The van der Waals surface area contributed by atoms with E-state index in [1.54, 1.807) is 0 Å². The summed E-state index contributed by atoms with van der Waals surface area (Å²) in [6, 6.07) is 9.18. The summed E-state index contributed by atoms with van der Waals surface area (Å²) in [5.74, 6) is 0.406. The minimum Gasteiger partial charge on any atom is -0.485 e. The molecular formula is C23H26FNO. The Morgan fingerprint density at radius 2 is 1.92 bits per heavy atom. The van der Waals surface area contributed by atoms with Gasteiger partial charge >= 0.3 is 0 Å². The van der Waals surface area contributed by atoms with Crippen LogP contribution in [0.5, 0.6) is 5.75 Å². The Balaban J connectivity index is 1.94. The molecule has 26 heavy (non-hydrogen) atoms. The van der Waals surface area contributed by atoms with Crippen molar-refractivity contribution >= 4 is 11.3 Å². The highest BCUT2D eigenvalue weighted by Gasteiger charge is 2.33. The second-order valence-electron chi connectivity index (χ2n) is 8.01. The lowest BCUT2D eigenvalue weighted by molar-refractivity contribution is 0.187. The van der Waals surface area contributed by atoms with E-state index in [0.717, 1.165) is 30.5 Å². The number of benzene rings is 2. The zero-order valence-corrected chi connectivity index (χ0v) is 15.9. The SMILES string of the molecule is CCCC[C@H]1Oc2cc(F)ccc2-c2ccc3c(c21)C(C)=CC(C)(C)N3. The van der Waals surface area contributed by atoms with Crippen molar-refractivity contribution in [1.29, 1.82) is 0 Å². The van der Waals surface area contributed by atoms with Crippen molar-refractivity contribution < 1.29 is 9.13 Å². The monoisotopic (exact) mass is 351 g/mol. The molecule has 136 valence electrons. The van der Waals surface area contributed by atoms with Crippen LogP contribution in [0.25, 0.3) is 16.7 Å². The van der Waals surface area contributed by atoms with Gasteiger partial charge in [0, 0.05) is 28.4 Å². The molecule has 2 aliphatic heterocycles. The van der Waals surface area contributed by atoms with Crippen LogP contribution < -0.4 is 10.1 Å². The van der Waals surface area contributed by atoms with E-state index in [-0.39, 0.29) is 17.5 Å². The molecule has 2 aromatic carbocycles. The first kappa shape index (κ1) is 17.1. The number of fused-ring (bicyclic) bond motifs is 5. The van der Waals surface area contributed by atoms with Gasteiger partial charge < -0.3 is 10.1 Å². The number of nitrogens with one attached hydrogen (secondary N) is 1. The van der Waals surface area contributed by atoms with Crippen molar-refractivity contribution in [3.05, 3.63) is 53.4 Å². The Hall–Kier alpha value is -2.29. The fourth-order valence-corrected chi connectivity index (χ4v) is 4.34. The Kier molecular flexibility index (Phi) is 4.06. The number of unbranched alkanes of at least 4 members (excludes halogenated alkanes) is 1.